The number of halogens is 1. The standard InChI is InChI=1S/C16H12ClNO2/c1-10-2-4-11(5-3-10)16(19)20-15-9-18-14-8-12(17)6-7-13(14)15/h2-9,18H,1H3. The molecule has 0 atom stereocenters. The molecule has 0 aliphatic rings. The maximum Gasteiger partial charge on any atom is 0.343 e. The molecule has 0 unspecified atom stereocenters. The van der Waals surface area contributed by atoms with Gasteiger partial charge in [0.1, 0.15) is 0 Å². The van der Waals surface area contributed by atoms with Crippen LogP contribution in [-0.4, -0.2) is 11.0 Å². The topological polar surface area (TPSA) is 42.1 Å². The lowest BCUT2D eigenvalue weighted by atomic mass is 10.1. The fourth-order valence-corrected chi connectivity index (χ4v) is 2.18. The number of aromatic nitrogens is 1. The summed E-state index contributed by atoms with van der Waals surface area (Å²) in [6.45, 7) is 1.97. The number of H-pyrrole nitrogens is 1. The van der Waals surface area contributed by atoms with Crippen LogP contribution >= 0.6 is 11.6 Å². The van der Waals surface area contributed by atoms with Gasteiger partial charge in [0.2, 0.25) is 0 Å². The Balaban J connectivity index is 1.89. The van der Waals surface area contributed by atoms with Crippen molar-refractivity contribution in [3.8, 4) is 5.75 Å². The second kappa shape index (κ2) is 5.02. The smallest absolute Gasteiger partial charge is 0.343 e. The largest absolute Gasteiger partial charge is 0.421 e. The Morgan fingerprint density at radius 2 is 1.90 bits per heavy atom. The second-order valence-corrected chi connectivity index (χ2v) is 5.03. The molecule has 0 fully saturated rings. The minimum Gasteiger partial charge on any atom is -0.421 e. The van der Waals surface area contributed by atoms with E-state index in [1.807, 2.05) is 25.1 Å². The number of rotatable bonds is 2. The van der Waals surface area contributed by atoms with Gasteiger partial charge >= 0.3 is 5.97 Å². The van der Waals surface area contributed by atoms with Gasteiger partial charge in [0, 0.05) is 16.6 Å². The van der Waals surface area contributed by atoms with Gasteiger partial charge in [-0.1, -0.05) is 29.3 Å². The van der Waals surface area contributed by atoms with E-state index in [0.717, 1.165) is 16.5 Å². The van der Waals surface area contributed by atoms with E-state index >= 15 is 0 Å². The molecule has 0 saturated carbocycles. The molecule has 1 heterocycles. The predicted octanol–water partition coefficient (Wildman–Crippen LogP) is 4.35. The molecule has 3 rings (SSSR count). The van der Waals surface area contributed by atoms with E-state index in [1.54, 1.807) is 30.5 Å². The molecule has 0 bridgehead atoms. The van der Waals surface area contributed by atoms with Crippen LogP contribution in [0.4, 0.5) is 0 Å². The minimum atomic E-state index is -0.374. The summed E-state index contributed by atoms with van der Waals surface area (Å²) < 4.78 is 5.42. The van der Waals surface area contributed by atoms with Crippen molar-refractivity contribution in [1.29, 1.82) is 0 Å². The number of benzene rings is 2. The minimum absolute atomic E-state index is 0.374. The maximum atomic E-state index is 12.1. The van der Waals surface area contributed by atoms with Gasteiger partial charge in [-0.15, -0.1) is 0 Å². The van der Waals surface area contributed by atoms with E-state index in [-0.39, 0.29) is 5.97 Å². The fourth-order valence-electron chi connectivity index (χ4n) is 2.00. The van der Waals surface area contributed by atoms with Crippen molar-refractivity contribution < 1.29 is 9.53 Å². The third-order valence-electron chi connectivity index (χ3n) is 3.10. The van der Waals surface area contributed by atoms with Crippen LogP contribution in [0.1, 0.15) is 15.9 Å². The van der Waals surface area contributed by atoms with Gasteiger partial charge < -0.3 is 9.72 Å². The monoisotopic (exact) mass is 285 g/mol. The fraction of sp³-hybridized carbons (Fsp3) is 0.0625. The van der Waals surface area contributed by atoms with Crippen LogP contribution in [-0.2, 0) is 0 Å². The average Bonchev–Trinajstić information content (AvgIpc) is 2.81. The van der Waals surface area contributed by atoms with Crippen molar-refractivity contribution in [2.24, 2.45) is 0 Å². The highest BCUT2D eigenvalue weighted by Crippen LogP contribution is 2.28. The third kappa shape index (κ3) is 2.40. The SMILES string of the molecule is Cc1ccc(C(=O)Oc2c[nH]c3cc(Cl)ccc23)cc1. The van der Waals surface area contributed by atoms with Gasteiger partial charge in [-0.25, -0.2) is 4.79 Å². The van der Waals surface area contributed by atoms with Gasteiger partial charge in [0.05, 0.1) is 11.1 Å². The summed E-state index contributed by atoms with van der Waals surface area (Å²) in [4.78, 5) is 15.1. The van der Waals surface area contributed by atoms with Crippen LogP contribution in [0.2, 0.25) is 5.02 Å². The highest BCUT2D eigenvalue weighted by atomic mass is 35.5. The normalized spacial score (nSPS) is 10.7. The summed E-state index contributed by atoms with van der Waals surface area (Å²) in [6, 6.07) is 12.6. The first-order valence-corrected chi connectivity index (χ1v) is 6.57. The molecule has 2 aromatic carbocycles. The summed E-state index contributed by atoms with van der Waals surface area (Å²) in [5.41, 5.74) is 2.46. The van der Waals surface area contributed by atoms with Crippen molar-refractivity contribution in [2.45, 2.75) is 6.92 Å². The number of carbonyl (C=O) groups excluding carboxylic acids is 1. The molecule has 3 nitrogen and oxygen atoms in total. The Morgan fingerprint density at radius 3 is 2.65 bits per heavy atom. The quantitative estimate of drug-likeness (QED) is 0.711. The molecule has 4 heteroatoms. The number of aryl methyl sites for hydroxylation is 1. The number of aromatic amines is 1. The van der Waals surface area contributed by atoms with Gasteiger partial charge in [0.25, 0.3) is 0 Å². The molecular weight excluding hydrogens is 274 g/mol. The highest BCUT2D eigenvalue weighted by Gasteiger charge is 2.12. The van der Waals surface area contributed by atoms with Crippen LogP contribution in [0.15, 0.2) is 48.7 Å². The lowest BCUT2D eigenvalue weighted by molar-refractivity contribution is 0.0737. The van der Waals surface area contributed by atoms with Crippen molar-refractivity contribution in [3.63, 3.8) is 0 Å². The van der Waals surface area contributed by atoms with Crippen LogP contribution < -0.4 is 4.74 Å². The molecule has 100 valence electrons. The number of ether oxygens (including phenoxy) is 1. The molecule has 1 aromatic heterocycles. The molecule has 0 spiro atoms. The zero-order valence-electron chi connectivity index (χ0n) is 10.8. The predicted molar refractivity (Wildman–Crippen MR) is 79.4 cm³/mol. The first kappa shape index (κ1) is 12.8. The molecule has 1 N–H and O–H groups in total. The Hall–Kier alpha value is -2.26. The Morgan fingerprint density at radius 1 is 1.15 bits per heavy atom. The van der Waals surface area contributed by atoms with Gasteiger partial charge in [-0.05, 0) is 37.3 Å². The Bertz CT molecular complexity index is 775. The van der Waals surface area contributed by atoms with E-state index in [9.17, 15) is 4.79 Å². The molecule has 0 aliphatic carbocycles. The van der Waals surface area contributed by atoms with Crippen LogP contribution in [0.3, 0.4) is 0 Å². The summed E-state index contributed by atoms with van der Waals surface area (Å²) in [5, 5.41) is 1.46. The van der Waals surface area contributed by atoms with E-state index in [0.29, 0.717) is 16.3 Å². The summed E-state index contributed by atoms with van der Waals surface area (Å²) in [6.07, 6.45) is 1.66. The van der Waals surface area contributed by atoms with Crippen molar-refractivity contribution in [3.05, 3.63) is 64.8 Å². The molecule has 0 amide bonds. The first-order chi connectivity index (χ1) is 9.63. The van der Waals surface area contributed by atoms with Crippen LogP contribution in [0, 0.1) is 6.92 Å². The molecule has 0 radical (unpaired) electrons. The van der Waals surface area contributed by atoms with Crippen LogP contribution in [0.25, 0.3) is 10.9 Å². The van der Waals surface area contributed by atoms with Crippen molar-refractivity contribution >= 4 is 28.5 Å². The Labute approximate surface area is 121 Å². The highest BCUT2D eigenvalue weighted by molar-refractivity contribution is 6.31. The van der Waals surface area contributed by atoms with Gasteiger partial charge in [0.15, 0.2) is 5.75 Å². The van der Waals surface area contributed by atoms with Crippen LogP contribution in [0.5, 0.6) is 5.75 Å². The number of hydrogen-bond acceptors (Lipinski definition) is 2. The number of carbonyl (C=O) groups is 1. The molecule has 0 saturated heterocycles. The zero-order valence-corrected chi connectivity index (χ0v) is 11.6. The molecule has 3 aromatic rings. The lowest BCUT2D eigenvalue weighted by Crippen LogP contribution is -2.07. The van der Waals surface area contributed by atoms with Crippen molar-refractivity contribution in [1.82, 2.24) is 4.98 Å². The third-order valence-corrected chi connectivity index (χ3v) is 3.33. The Kier molecular flexibility index (Phi) is 3.20. The van der Waals surface area contributed by atoms with E-state index in [4.69, 9.17) is 16.3 Å². The number of hydrogen-bond donors (Lipinski definition) is 1. The summed E-state index contributed by atoms with van der Waals surface area (Å²) in [7, 11) is 0. The molecule has 0 aliphatic heterocycles. The van der Waals surface area contributed by atoms with E-state index in [1.165, 1.54) is 0 Å². The zero-order chi connectivity index (χ0) is 14.1. The summed E-state index contributed by atoms with van der Waals surface area (Å²) >= 11 is 5.92. The van der Waals surface area contributed by atoms with E-state index < -0.39 is 0 Å². The van der Waals surface area contributed by atoms with Gasteiger partial charge in [-0.3, -0.25) is 0 Å². The van der Waals surface area contributed by atoms with Crippen molar-refractivity contribution in [2.75, 3.05) is 0 Å². The number of esters is 1. The number of fused-ring (bicyclic) bond motifs is 1. The molecule has 20 heavy (non-hydrogen) atoms. The number of nitrogens with one attached hydrogen (secondary N) is 1. The maximum absolute atomic E-state index is 12.1. The van der Waals surface area contributed by atoms with Gasteiger partial charge in [-0.2, -0.15) is 0 Å². The second-order valence-electron chi connectivity index (χ2n) is 4.60. The average molecular weight is 286 g/mol. The van der Waals surface area contributed by atoms with E-state index in [2.05, 4.69) is 4.98 Å². The molecular formula is C16H12ClNO2. The lowest BCUT2D eigenvalue weighted by Gasteiger charge is -2.03. The first-order valence-electron chi connectivity index (χ1n) is 6.19. The summed E-state index contributed by atoms with van der Waals surface area (Å²) in [5.74, 6) is 0.128.